The maximum Gasteiger partial charge on any atom is 0.203 e. The number of thioether (sulfide) groups is 1. The van der Waals surface area contributed by atoms with E-state index in [1.807, 2.05) is 41.0 Å². The van der Waals surface area contributed by atoms with Crippen LogP contribution in [-0.2, 0) is 17.0 Å². The first-order valence-electron chi connectivity index (χ1n) is 9.21. The topological polar surface area (TPSA) is 67.6 Å². The largest absolute Gasteiger partial charge is 0.493 e. The van der Waals surface area contributed by atoms with Crippen LogP contribution >= 0.6 is 23.4 Å². The Hall–Kier alpha value is -2.42. The average molecular weight is 450 g/mol. The number of aromatic nitrogens is 3. The Morgan fingerprint density at radius 2 is 1.60 bits per heavy atom. The minimum atomic E-state index is 0.532. The predicted octanol–water partition coefficient (Wildman–Crippen LogP) is 4.56. The number of benzene rings is 2. The molecule has 0 amide bonds. The Kier molecular flexibility index (Phi) is 7.84. The van der Waals surface area contributed by atoms with Gasteiger partial charge in [-0.15, -0.1) is 10.2 Å². The third-order valence-corrected chi connectivity index (χ3v) is 5.73. The van der Waals surface area contributed by atoms with Crippen molar-refractivity contribution in [3.8, 4) is 28.6 Å². The SMILES string of the molecule is COCCn1c(SCc2ccc(Cl)cc2)nnc1-c1cc(OC)c(OC)c(OC)c1. The molecular formula is C21H24ClN3O4S. The van der Waals surface area contributed by atoms with Crippen molar-refractivity contribution in [2.45, 2.75) is 17.5 Å². The highest BCUT2D eigenvalue weighted by atomic mass is 35.5. The molecule has 0 aliphatic carbocycles. The van der Waals surface area contributed by atoms with Crippen molar-refractivity contribution in [3.05, 3.63) is 47.0 Å². The molecule has 0 radical (unpaired) electrons. The van der Waals surface area contributed by atoms with Crippen LogP contribution in [0.3, 0.4) is 0 Å². The summed E-state index contributed by atoms with van der Waals surface area (Å²) in [4.78, 5) is 0. The normalized spacial score (nSPS) is 10.8. The number of nitrogens with zero attached hydrogens (tertiary/aromatic N) is 3. The Morgan fingerprint density at radius 3 is 2.17 bits per heavy atom. The standard InChI is InChI=1S/C21H24ClN3O4S/c1-26-10-9-25-20(15-11-17(27-2)19(29-4)18(12-15)28-3)23-24-21(25)30-13-14-5-7-16(22)8-6-14/h5-8,11-12H,9-10,13H2,1-4H3. The molecular weight excluding hydrogens is 426 g/mol. The molecule has 0 saturated carbocycles. The van der Waals surface area contributed by atoms with Gasteiger partial charge in [0.15, 0.2) is 22.5 Å². The zero-order chi connectivity index (χ0) is 21.5. The summed E-state index contributed by atoms with van der Waals surface area (Å²) in [7, 11) is 6.42. The third kappa shape index (κ3) is 5.00. The Bertz CT molecular complexity index is 954. The molecule has 30 heavy (non-hydrogen) atoms. The van der Waals surface area contributed by atoms with E-state index in [9.17, 15) is 0 Å². The van der Waals surface area contributed by atoms with Gasteiger partial charge in [0.2, 0.25) is 5.75 Å². The molecule has 0 unspecified atom stereocenters. The summed E-state index contributed by atoms with van der Waals surface area (Å²) >= 11 is 7.58. The lowest BCUT2D eigenvalue weighted by atomic mass is 10.1. The summed E-state index contributed by atoms with van der Waals surface area (Å²) in [6.07, 6.45) is 0. The molecule has 0 bridgehead atoms. The summed E-state index contributed by atoms with van der Waals surface area (Å²) in [5.41, 5.74) is 1.96. The summed E-state index contributed by atoms with van der Waals surface area (Å²) in [6.45, 7) is 1.14. The highest BCUT2D eigenvalue weighted by molar-refractivity contribution is 7.98. The first-order valence-corrected chi connectivity index (χ1v) is 10.6. The van der Waals surface area contributed by atoms with Crippen molar-refractivity contribution < 1.29 is 18.9 Å². The number of rotatable bonds is 10. The van der Waals surface area contributed by atoms with Crippen molar-refractivity contribution in [1.29, 1.82) is 0 Å². The number of hydrogen-bond acceptors (Lipinski definition) is 7. The zero-order valence-corrected chi connectivity index (χ0v) is 18.9. The van der Waals surface area contributed by atoms with Crippen molar-refractivity contribution >= 4 is 23.4 Å². The first kappa shape index (κ1) is 22.3. The van der Waals surface area contributed by atoms with E-state index in [-0.39, 0.29) is 0 Å². The minimum Gasteiger partial charge on any atom is -0.493 e. The van der Waals surface area contributed by atoms with Gasteiger partial charge in [-0.1, -0.05) is 35.5 Å². The van der Waals surface area contributed by atoms with E-state index in [4.69, 9.17) is 30.5 Å². The zero-order valence-electron chi connectivity index (χ0n) is 17.3. The van der Waals surface area contributed by atoms with E-state index in [0.29, 0.717) is 36.2 Å². The summed E-state index contributed by atoms with van der Waals surface area (Å²) in [6, 6.07) is 11.5. The van der Waals surface area contributed by atoms with Gasteiger partial charge >= 0.3 is 0 Å². The van der Waals surface area contributed by atoms with Gasteiger partial charge in [0.05, 0.1) is 34.5 Å². The monoisotopic (exact) mass is 449 g/mol. The van der Waals surface area contributed by atoms with Crippen LogP contribution in [0.4, 0.5) is 0 Å². The van der Waals surface area contributed by atoms with Crippen LogP contribution in [0.2, 0.25) is 5.02 Å². The molecule has 0 aliphatic heterocycles. The Morgan fingerprint density at radius 1 is 0.933 bits per heavy atom. The van der Waals surface area contributed by atoms with E-state index < -0.39 is 0 Å². The molecule has 3 rings (SSSR count). The Labute approximate surface area is 185 Å². The van der Waals surface area contributed by atoms with Gasteiger partial charge in [-0.2, -0.15) is 0 Å². The fourth-order valence-corrected chi connectivity index (χ4v) is 3.98. The highest BCUT2D eigenvalue weighted by Crippen LogP contribution is 2.41. The molecule has 7 nitrogen and oxygen atoms in total. The molecule has 9 heteroatoms. The third-order valence-electron chi connectivity index (χ3n) is 4.44. The van der Waals surface area contributed by atoms with Crippen LogP contribution in [0.5, 0.6) is 17.2 Å². The van der Waals surface area contributed by atoms with Gasteiger partial charge in [-0.3, -0.25) is 4.57 Å². The van der Waals surface area contributed by atoms with Crippen LogP contribution < -0.4 is 14.2 Å². The Balaban J connectivity index is 1.95. The molecule has 3 aromatic rings. The van der Waals surface area contributed by atoms with Crippen LogP contribution in [0.15, 0.2) is 41.6 Å². The number of methoxy groups -OCH3 is 4. The van der Waals surface area contributed by atoms with Crippen molar-refractivity contribution in [2.24, 2.45) is 0 Å². The van der Waals surface area contributed by atoms with E-state index in [1.54, 1.807) is 40.2 Å². The van der Waals surface area contributed by atoms with E-state index in [0.717, 1.165) is 27.1 Å². The van der Waals surface area contributed by atoms with Gasteiger partial charge in [-0.05, 0) is 29.8 Å². The molecule has 0 spiro atoms. The second-order valence-corrected chi connectivity index (χ2v) is 7.66. The fourth-order valence-electron chi connectivity index (χ4n) is 2.93. The van der Waals surface area contributed by atoms with Gasteiger partial charge in [0.25, 0.3) is 0 Å². The number of ether oxygens (including phenoxy) is 4. The van der Waals surface area contributed by atoms with Crippen molar-refractivity contribution in [2.75, 3.05) is 35.0 Å². The lowest BCUT2D eigenvalue weighted by Gasteiger charge is -2.15. The van der Waals surface area contributed by atoms with Gasteiger partial charge in [0, 0.05) is 23.4 Å². The van der Waals surface area contributed by atoms with Crippen LogP contribution in [-0.4, -0.2) is 49.8 Å². The molecule has 0 saturated heterocycles. The van der Waals surface area contributed by atoms with Crippen LogP contribution in [0, 0.1) is 0 Å². The summed E-state index contributed by atoms with van der Waals surface area (Å²) in [5, 5.41) is 10.4. The van der Waals surface area contributed by atoms with Gasteiger partial charge < -0.3 is 18.9 Å². The lowest BCUT2D eigenvalue weighted by molar-refractivity contribution is 0.185. The fraction of sp³-hybridized carbons (Fsp3) is 0.333. The average Bonchev–Trinajstić information content (AvgIpc) is 3.18. The van der Waals surface area contributed by atoms with Crippen LogP contribution in [0.1, 0.15) is 5.56 Å². The maximum atomic E-state index is 5.98. The molecule has 0 atom stereocenters. The van der Waals surface area contributed by atoms with Crippen molar-refractivity contribution in [1.82, 2.24) is 14.8 Å². The molecule has 0 N–H and O–H groups in total. The second kappa shape index (κ2) is 10.6. The van der Waals surface area contributed by atoms with Gasteiger partial charge in [0.1, 0.15) is 0 Å². The van der Waals surface area contributed by atoms with E-state index in [1.165, 1.54) is 0 Å². The molecule has 2 aromatic carbocycles. The van der Waals surface area contributed by atoms with Gasteiger partial charge in [-0.25, -0.2) is 0 Å². The molecule has 160 valence electrons. The summed E-state index contributed by atoms with van der Waals surface area (Å²) < 4.78 is 23.7. The molecule has 1 aromatic heterocycles. The molecule has 1 heterocycles. The smallest absolute Gasteiger partial charge is 0.203 e. The second-order valence-electron chi connectivity index (χ2n) is 6.28. The lowest BCUT2D eigenvalue weighted by Crippen LogP contribution is -2.08. The first-order chi connectivity index (χ1) is 14.6. The van der Waals surface area contributed by atoms with E-state index in [2.05, 4.69) is 10.2 Å². The van der Waals surface area contributed by atoms with E-state index >= 15 is 0 Å². The highest BCUT2D eigenvalue weighted by Gasteiger charge is 2.19. The number of hydrogen-bond donors (Lipinski definition) is 0. The predicted molar refractivity (Wildman–Crippen MR) is 118 cm³/mol. The molecule has 0 aliphatic rings. The molecule has 0 fully saturated rings. The van der Waals surface area contributed by atoms with Crippen molar-refractivity contribution in [3.63, 3.8) is 0 Å². The quantitative estimate of drug-likeness (QED) is 0.420. The minimum absolute atomic E-state index is 0.532. The maximum absolute atomic E-state index is 5.98. The summed E-state index contributed by atoms with van der Waals surface area (Å²) in [5.74, 6) is 3.10. The van der Waals surface area contributed by atoms with Crippen LogP contribution in [0.25, 0.3) is 11.4 Å². The number of halogens is 1.